The molecule has 3 rings (SSSR count). The summed E-state index contributed by atoms with van der Waals surface area (Å²) in [7, 11) is 0. The molecule has 1 amide bonds. The molecule has 0 radical (unpaired) electrons. The zero-order valence-electron chi connectivity index (χ0n) is 14.9. The number of nitrogens with zero attached hydrogens (tertiary/aromatic N) is 3. The Balaban J connectivity index is 1.92. The Kier molecular flexibility index (Phi) is 5.53. The lowest BCUT2D eigenvalue weighted by Crippen LogP contribution is -2.46. The van der Waals surface area contributed by atoms with Crippen molar-refractivity contribution in [3.63, 3.8) is 0 Å². The molecule has 8 heteroatoms. The summed E-state index contributed by atoms with van der Waals surface area (Å²) in [4.78, 5) is 29.9. The number of hydrogen-bond donors (Lipinski definition) is 0. The highest BCUT2D eigenvalue weighted by Gasteiger charge is 2.41. The normalized spacial score (nSPS) is 17.3. The van der Waals surface area contributed by atoms with E-state index in [4.69, 9.17) is 11.6 Å². The Hall–Kier alpha value is -2.38. The molecule has 0 spiro atoms. The minimum Gasteiger partial charge on any atom is -0.281 e. The SMILES string of the molecule is CC1(C)CSC(=NCc2ccccc2)N1C(=O)c1ccc(Cl)c([N+](=O)[O-])c1. The van der Waals surface area contributed by atoms with Gasteiger partial charge >= 0.3 is 0 Å². The number of hydrogen-bond acceptors (Lipinski definition) is 5. The lowest BCUT2D eigenvalue weighted by Gasteiger charge is -2.30. The molecule has 0 N–H and O–H groups in total. The third kappa shape index (κ3) is 4.14. The predicted octanol–water partition coefficient (Wildman–Crippen LogP) is 4.77. The third-order valence-corrected chi connectivity index (χ3v) is 5.92. The van der Waals surface area contributed by atoms with Crippen LogP contribution in [0.25, 0.3) is 0 Å². The summed E-state index contributed by atoms with van der Waals surface area (Å²) in [6, 6.07) is 13.9. The summed E-state index contributed by atoms with van der Waals surface area (Å²) in [5.41, 5.74) is 0.528. The molecule has 1 fully saturated rings. The van der Waals surface area contributed by atoms with Crippen LogP contribution < -0.4 is 0 Å². The highest BCUT2D eigenvalue weighted by molar-refractivity contribution is 8.14. The van der Waals surface area contributed by atoms with Crippen molar-refractivity contribution in [3.8, 4) is 0 Å². The standard InChI is InChI=1S/C19H18ClN3O3S/c1-19(2)12-27-18(21-11-13-6-4-3-5-7-13)22(19)17(24)14-8-9-15(20)16(10-14)23(25)26/h3-10H,11-12H2,1-2H3. The van der Waals surface area contributed by atoms with Crippen molar-refractivity contribution in [3.05, 3.63) is 74.8 Å². The molecule has 6 nitrogen and oxygen atoms in total. The minimum absolute atomic E-state index is 0.00424. The van der Waals surface area contributed by atoms with Crippen molar-refractivity contribution in [2.75, 3.05) is 5.75 Å². The minimum atomic E-state index is -0.590. The van der Waals surface area contributed by atoms with Gasteiger partial charge in [-0.25, -0.2) is 0 Å². The van der Waals surface area contributed by atoms with Gasteiger partial charge in [-0.2, -0.15) is 0 Å². The summed E-state index contributed by atoms with van der Waals surface area (Å²) in [5, 5.41) is 11.8. The second-order valence-electron chi connectivity index (χ2n) is 6.75. The van der Waals surface area contributed by atoms with E-state index >= 15 is 0 Å². The van der Waals surface area contributed by atoms with Crippen LogP contribution in [0, 0.1) is 10.1 Å². The Morgan fingerprint density at radius 2 is 2.00 bits per heavy atom. The molecule has 0 saturated carbocycles. The average Bonchev–Trinajstić information content (AvgIpc) is 2.94. The van der Waals surface area contributed by atoms with Gasteiger partial charge in [0.1, 0.15) is 5.02 Å². The molecule has 1 aliphatic heterocycles. The van der Waals surface area contributed by atoms with Gasteiger partial charge in [-0.15, -0.1) is 0 Å². The number of benzene rings is 2. The van der Waals surface area contributed by atoms with Gasteiger partial charge in [0.15, 0.2) is 5.17 Å². The Labute approximate surface area is 166 Å². The van der Waals surface area contributed by atoms with Gasteiger partial charge in [-0.3, -0.25) is 24.8 Å². The van der Waals surface area contributed by atoms with Gasteiger partial charge in [0.05, 0.1) is 17.0 Å². The van der Waals surface area contributed by atoms with Crippen molar-refractivity contribution in [2.24, 2.45) is 4.99 Å². The summed E-state index contributed by atoms with van der Waals surface area (Å²) >= 11 is 7.37. The highest BCUT2D eigenvalue weighted by Crippen LogP contribution is 2.35. The second-order valence-corrected chi connectivity index (χ2v) is 8.10. The third-order valence-electron chi connectivity index (χ3n) is 4.18. The van der Waals surface area contributed by atoms with Crippen LogP contribution in [0.2, 0.25) is 5.02 Å². The molecule has 0 unspecified atom stereocenters. The summed E-state index contributed by atoms with van der Waals surface area (Å²) in [5.74, 6) is 0.374. The van der Waals surface area contributed by atoms with E-state index in [0.29, 0.717) is 17.5 Å². The van der Waals surface area contributed by atoms with Gasteiger partial charge < -0.3 is 0 Å². The van der Waals surface area contributed by atoms with E-state index in [9.17, 15) is 14.9 Å². The maximum atomic E-state index is 13.1. The predicted molar refractivity (Wildman–Crippen MR) is 108 cm³/mol. The van der Waals surface area contributed by atoms with Gasteiger partial charge in [0.2, 0.25) is 0 Å². The molecule has 2 aromatic carbocycles. The van der Waals surface area contributed by atoms with E-state index in [1.165, 1.54) is 30.0 Å². The molecule has 0 aliphatic carbocycles. The van der Waals surface area contributed by atoms with Crippen LogP contribution in [0.3, 0.4) is 0 Å². The number of amides is 1. The maximum Gasteiger partial charge on any atom is 0.288 e. The fraction of sp³-hybridized carbons (Fsp3) is 0.263. The second kappa shape index (κ2) is 7.70. The lowest BCUT2D eigenvalue weighted by atomic mass is 10.0. The fourth-order valence-electron chi connectivity index (χ4n) is 2.76. The Bertz CT molecular complexity index is 916. The molecule has 1 heterocycles. The molecule has 140 valence electrons. The topological polar surface area (TPSA) is 75.8 Å². The first-order valence-corrected chi connectivity index (χ1v) is 9.65. The Morgan fingerprint density at radius 1 is 1.30 bits per heavy atom. The van der Waals surface area contributed by atoms with Crippen molar-refractivity contribution in [1.82, 2.24) is 4.90 Å². The number of nitro groups is 1. The van der Waals surface area contributed by atoms with Crippen molar-refractivity contribution in [2.45, 2.75) is 25.9 Å². The summed E-state index contributed by atoms with van der Waals surface area (Å²) in [6.45, 7) is 4.37. The van der Waals surface area contributed by atoms with Gasteiger partial charge in [0.25, 0.3) is 11.6 Å². The van der Waals surface area contributed by atoms with Crippen molar-refractivity contribution < 1.29 is 9.72 Å². The van der Waals surface area contributed by atoms with Crippen LogP contribution in [0.1, 0.15) is 29.8 Å². The van der Waals surface area contributed by atoms with E-state index in [-0.39, 0.29) is 22.2 Å². The van der Waals surface area contributed by atoms with E-state index in [1.807, 2.05) is 44.2 Å². The van der Waals surface area contributed by atoms with Gasteiger partial charge in [0, 0.05) is 17.4 Å². The summed E-state index contributed by atoms with van der Waals surface area (Å²) < 4.78 is 0. The molecular weight excluding hydrogens is 386 g/mol. The lowest BCUT2D eigenvalue weighted by molar-refractivity contribution is -0.384. The van der Waals surface area contributed by atoms with Crippen LogP contribution in [-0.2, 0) is 6.54 Å². The molecule has 0 bridgehead atoms. The number of halogens is 1. The number of aliphatic imine (C=N–C) groups is 1. The molecule has 0 atom stereocenters. The van der Waals surface area contributed by atoms with Crippen molar-refractivity contribution >= 4 is 40.1 Å². The zero-order chi connectivity index (χ0) is 19.6. The quantitative estimate of drug-likeness (QED) is 0.544. The molecule has 0 aromatic heterocycles. The first-order valence-electron chi connectivity index (χ1n) is 8.29. The average molecular weight is 404 g/mol. The number of amidine groups is 1. The van der Waals surface area contributed by atoms with Gasteiger partial charge in [-0.05, 0) is 31.5 Å². The molecule has 2 aromatic rings. The van der Waals surface area contributed by atoms with E-state index < -0.39 is 10.5 Å². The highest BCUT2D eigenvalue weighted by atomic mass is 35.5. The first kappa shape index (κ1) is 19.4. The largest absolute Gasteiger partial charge is 0.288 e. The van der Waals surface area contributed by atoms with E-state index in [0.717, 1.165) is 5.56 Å². The van der Waals surface area contributed by atoms with E-state index in [1.54, 1.807) is 4.90 Å². The number of carbonyl (C=O) groups is 1. The molecular formula is C19H18ClN3O3S. The van der Waals surface area contributed by atoms with Crippen LogP contribution in [0.5, 0.6) is 0 Å². The monoisotopic (exact) mass is 403 g/mol. The fourth-order valence-corrected chi connectivity index (χ4v) is 4.18. The van der Waals surface area contributed by atoms with Crippen molar-refractivity contribution in [1.29, 1.82) is 0 Å². The molecule has 1 saturated heterocycles. The summed E-state index contributed by atoms with van der Waals surface area (Å²) in [6.07, 6.45) is 0. The number of rotatable bonds is 4. The van der Waals surface area contributed by atoms with Gasteiger partial charge in [-0.1, -0.05) is 53.7 Å². The maximum absolute atomic E-state index is 13.1. The Morgan fingerprint density at radius 3 is 2.67 bits per heavy atom. The van der Waals surface area contributed by atoms with Crippen LogP contribution >= 0.6 is 23.4 Å². The van der Waals surface area contributed by atoms with E-state index in [2.05, 4.69) is 4.99 Å². The first-order chi connectivity index (χ1) is 12.8. The zero-order valence-corrected chi connectivity index (χ0v) is 16.5. The smallest absolute Gasteiger partial charge is 0.281 e. The number of thioether (sulfide) groups is 1. The molecule has 27 heavy (non-hydrogen) atoms. The van der Waals surface area contributed by atoms with Crippen LogP contribution in [-0.4, -0.2) is 32.2 Å². The van der Waals surface area contributed by atoms with Crippen LogP contribution in [0.4, 0.5) is 5.69 Å². The number of carbonyl (C=O) groups excluding carboxylic acids is 1. The molecule has 1 aliphatic rings. The van der Waals surface area contributed by atoms with Crippen LogP contribution in [0.15, 0.2) is 53.5 Å². The number of nitro benzene ring substituents is 1.